The van der Waals surface area contributed by atoms with Gasteiger partial charge in [-0.05, 0) is 12.1 Å². The van der Waals surface area contributed by atoms with E-state index in [1.54, 1.807) is 18.2 Å². The van der Waals surface area contributed by atoms with Crippen LogP contribution in [0.5, 0.6) is 5.75 Å². The molecule has 72 valence electrons. The van der Waals surface area contributed by atoms with Gasteiger partial charge in [-0.15, -0.1) is 0 Å². The Balaban J connectivity index is 2.75. The van der Waals surface area contributed by atoms with Crippen molar-refractivity contribution in [2.45, 2.75) is 0 Å². The lowest BCUT2D eigenvalue weighted by Gasteiger charge is -1.98. The summed E-state index contributed by atoms with van der Waals surface area (Å²) in [6.45, 7) is 0. The summed E-state index contributed by atoms with van der Waals surface area (Å²) in [5.74, 6) is -0.466. The third-order valence-corrected chi connectivity index (χ3v) is 2.01. The third-order valence-electron chi connectivity index (χ3n) is 2.01. The van der Waals surface area contributed by atoms with Crippen molar-refractivity contribution in [3.63, 3.8) is 0 Å². The highest BCUT2D eigenvalue weighted by Gasteiger charge is 2.14. The summed E-state index contributed by atoms with van der Waals surface area (Å²) in [6, 6.07) is 5.13. The van der Waals surface area contributed by atoms with Crippen LogP contribution in [0.2, 0.25) is 0 Å². The van der Waals surface area contributed by atoms with Gasteiger partial charge in [0.2, 0.25) is 0 Å². The summed E-state index contributed by atoms with van der Waals surface area (Å²) >= 11 is 0. The average molecular weight is 192 g/mol. The molecule has 1 heterocycles. The maximum atomic E-state index is 10.8. The molecule has 4 heteroatoms. The number of aromatic carboxylic acids is 1. The maximum Gasteiger partial charge on any atom is 0.339 e. The van der Waals surface area contributed by atoms with Crippen LogP contribution in [0.4, 0.5) is 0 Å². The fourth-order valence-electron chi connectivity index (χ4n) is 1.36. The Labute approximate surface area is 79.7 Å². The highest BCUT2D eigenvalue weighted by molar-refractivity contribution is 6.03. The predicted molar refractivity (Wildman–Crippen MR) is 49.7 cm³/mol. The van der Waals surface area contributed by atoms with Crippen LogP contribution in [0, 0.1) is 0 Å². The molecule has 0 aliphatic heterocycles. The second kappa shape index (κ2) is 3.06. The molecule has 2 rings (SSSR count). The van der Waals surface area contributed by atoms with E-state index in [1.807, 2.05) is 0 Å². The van der Waals surface area contributed by atoms with Gasteiger partial charge in [0, 0.05) is 5.39 Å². The zero-order valence-electron chi connectivity index (χ0n) is 7.48. The lowest BCUT2D eigenvalue weighted by molar-refractivity contribution is 0.0698. The maximum absolute atomic E-state index is 10.8. The smallest absolute Gasteiger partial charge is 0.339 e. The lowest BCUT2D eigenvalue weighted by Crippen LogP contribution is -1.93. The fraction of sp³-hybridized carbons (Fsp3) is 0.100. The molecule has 1 N–H and O–H groups in total. The SMILES string of the molecule is COc1cccc2c(C(=O)O)coc12. The Morgan fingerprint density at radius 3 is 2.93 bits per heavy atom. The Morgan fingerprint density at radius 1 is 1.50 bits per heavy atom. The van der Waals surface area contributed by atoms with Crippen molar-refractivity contribution in [3.05, 3.63) is 30.0 Å². The number of benzene rings is 1. The van der Waals surface area contributed by atoms with E-state index < -0.39 is 5.97 Å². The second-order valence-corrected chi connectivity index (χ2v) is 2.79. The largest absolute Gasteiger partial charge is 0.493 e. The molecule has 0 saturated heterocycles. The number of furan rings is 1. The molecule has 0 atom stereocenters. The van der Waals surface area contributed by atoms with Crippen LogP contribution >= 0.6 is 0 Å². The first-order valence-electron chi connectivity index (χ1n) is 4.01. The van der Waals surface area contributed by atoms with Crippen LogP contribution < -0.4 is 4.74 Å². The van der Waals surface area contributed by atoms with Crippen LogP contribution in [0.15, 0.2) is 28.9 Å². The van der Waals surface area contributed by atoms with Gasteiger partial charge in [-0.25, -0.2) is 4.79 Å². The Bertz CT molecular complexity index is 484. The number of hydrogen-bond donors (Lipinski definition) is 1. The first-order chi connectivity index (χ1) is 6.74. The highest BCUT2D eigenvalue weighted by atomic mass is 16.5. The zero-order valence-corrected chi connectivity index (χ0v) is 7.48. The molecule has 0 aliphatic rings. The number of rotatable bonds is 2. The number of hydrogen-bond acceptors (Lipinski definition) is 3. The average Bonchev–Trinajstić information content (AvgIpc) is 2.60. The molecular weight excluding hydrogens is 184 g/mol. The van der Waals surface area contributed by atoms with E-state index in [-0.39, 0.29) is 5.56 Å². The first kappa shape index (κ1) is 8.62. The van der Waals surface area contributed by atoms with Gasteiger partial charge in [0.05, 0.1) is 7.11 Å². The van der Waals surface area contributed by atoms with E-state index in [2.05, 4.69) is 0 Å². The van der Waals surface area contributed by atoms with Gasteiger partial charge in [-0.3, -0.25) is 0 Å². The number of para-hydroxylation sites is 1. The highest BCUT2D eigenvalue weighted by Crippen LogP contribution is 2.29. The van der Waals surface area contributed by atoms with E-state index in [9.17, 15) is 4.79 Å². The topological polar surface area (TPSA) is 59.7 Å². The van der Waals surface area contributed by atoms with Gasteiger partial charge in [-0.1, -0.05) is 6.07 Å². The van der Waals surface area contributed by atoms with E-state index in [0.29, 0.717) is 16.7 Å². The molecule has 0 spiro atoms. The molecule has 0 aliphatic carbocycles. The van der Waals surface area contributed by atoms with E-state index in [1.165, 1.54) is 13.4 Å². The standard InChI is InChI=1S/C10H8O4/c1-13-8-4-2-3-6-7(10(11)12)5-14-9(6)8/h2-5H,1H3,(H,11,12). The molecule has 0 bridgehead atoms. The molecule has 2 aromatic rings. The van der Waals surface area contributed by atoms with Gasteiger partial charge in [0.1, 0.15) is 11.8 Å². The molecule has 0 fully saturated rings. The van der Waals surface area contributed by atoms with Crippen molar-refractivity contribution in [2.75, 3.05) is 7.11 Å². The number of carboxylic acids is 1. The van der Waals surface area contributed by atoms with Gasteiger partial charge in [0.15, 0.2) is 11.3 Å². The lowest BCUT2D eigenvalue weighted by atomic mass is 10.2. The van der Waals surface area contributed by atoms with E-state index >= 15 is 0 Å². The number of ether oxygens (including phenoxy) is 1. The van der Waals surface area contributed by atoms with Crippen LogP contribution in [-0.4, -0.2) is 18.2 Å². The molecule has 0 unspecified atom stereocenters. The van der Waals surface area contributed by atoms with Crippen molar-refractivity contribution >= 4 is 16.9 Å². The van der Waals surface area contributed by atoms with Crippen LogP contribution in [0.1, 0.15) is 10.4 Å². The van der Waals surface area contributed by atoms with Crippen molar-refractivity contribution in [1.82, 2.24) is 0 Å². The Hall–Kier alpha value is -1.97. The van der Waals surface area contributed by atoms with Crippen molar-refractivity contribution in [1.29, 1.82) is 0 Å². The predicted octanol–water partition coefficient (Wildman–Crippen LogP) is 2.14. The molecule has 0 amide bonds. The van der Waals surface area contributed by atoms with Gasteiger partial charge >= 0.3 is 5.97 Å². The molecule has 1 aromatic carbocycles. The number of fused-ring (bicyclic) bond motifs is 1. The first-order valence-corrected chi connectivity index (χ1v) is 4.01. The molecular formula is C10H8O4. The normalized spacial score (nSPS) is 10.4. The molecule has 4 nitrogen and oxygen atoms in total. The summed E-state index contributed by atoms with van der Waals surface area (Å²) < 4.78 is 10.2. The second-order valence-electron chi connectivity index (χ2n) is 2.79. The Kier molecular flexibility index (Phi) is 1.89. The Morgan fingerprint density at radius 2 is 2.29 bits per heavy atom. The van der Waals surface area contributed by atoms with Gasteiger partial charge in [-0.2, -0.15) is 0 Å². The quantitative estimate of drug-likeness (QED) is 0.791. The molecule has 0 saturated carbocycles. The van der Waals surface area contributed by atoms with Crippen LogP contribution in [0.3, 0.4) is 0 Å². The van der Waals surface area contributed by atoms with Crippen LogP contribution in [0.25, 0.3) is 11.0 Å². The fourth-order valence-corrected chi connectivity index (χ4v) is 1.36. The van der Waals surface area contributed by atoms with Crippen molar-refractivity contribution in [3.8, 4) is 5.75 Å². The van der Waals surface area contributed by atoms with E-state index in [4.69, 9.17) is 14.3 Å². The van der Waals surface area contributed by atoms with Crippen molar-refractivity contribution in [2.24, 2.45) is 0 Å². The van der Waals surface area contributed by atoms with Crippen LogP contribution in [-0.2, 0) is 0 Å². The molecule has 14 heavy (non-hydrogen) atoms. The summed E-state index contributed by atoms with van der Waals surface area (Å²) in [4.78, 5) is 10.8. The number of carboxylic acid groups (broad SMARTS) is 1. The minimum Gasteiger partial charge on any atom is -0.493 e. The zero-order chi connectivity index (χ0) is 10.1. The summed E-state index contributed by atoms with van der Waals surface area (Å²) in [5, 5.41) is 9.39. The van der Waals surface area contributed by atoms with Crippen molar-refractivity contribution < 1.29 is 19.1 Å². The number of carbonyl (C=O) groups is 1. The summed E-state index contributed by atoms with van der Waals surface area (Å²) in [5.41, 5.74) is 0.617. The monoisotopic (exact) mass is 192 g/mol. The summed E-state index contributed by atoms with van der Waals surface area (Å²) in [6.07, 6.45) is 1.22. The van der Waals surface area contributed by atoms with Gasteiger partial charge in [0.25, 0.3) is 0 Å². The summed E-state index contributed by atoms with van der Waals surface area (Å²) in [7, 11) is 1.51. The molecule has 0 radical (unpaired) electrons. The molecule has 1 aromatic heterocycles. The van der Waals surface area contributed by atoms with E-state index in [0.717, 1.165) is 0 Å². The minimum atomic E-state index is -1.00. The minimum absolute atomic E-state index is 0.152. The third kappa shape index (κ3) is 1.12. The number of methoxy groups -OCH3 is 1. The van der Waals surface area contributed by atoms with Gasteiger partial charge < -0.3 is 14.3 Å².